The van der Waals surface area contributed by atoms with E-state index in [1.807, 2.05) is 20.8 Å². The Morgan fingerprint density at radius 2 is 1.81 bits per heavy atom. The van der Waals surface area contributed by atoms with Crippen LogP contribution in [0.15, 0.2) is 35.2 Å². The van der Waals surface area contributed by atoms with E-state index in [2.05, 4.69) is 6.92 Å². The smallest absolute Gasteiger partial charge is 0.179 e. The summed E-state index contributed by atoms with van der Waals surface area (Å²) < 4.78 is 32.0. The Morgan fingerprint density at radius 1 is 1.15 bits per heavy atom. The molecule has 0 bridgehead atoms. The minimum Gasteiger partial charge on any atom is -0.370 e. The van der Waals surface area contributed by atoms with Crippen molar-refractivity contribution in [3.05, 3.63) is 30.3 Å². The molecule has 26 heavy (non-hydrogen) atoms. The third kappa shape index (κ3) is 4.20. The number of rotatable bonds is 4. The molecule has 3 rings (SSSR count). The van der Waals surface area contributed by atoms with Crippen LogP contribution in [0.2, 0.25) is 0 Å². The quantitative estimate of drug-likeness (QED) is 0.793. The maximum absolute atomic E-state index is 12.8. The highest BCUT2D eigenvalue weighted by molar-refractivity contribution is 7.91. The summed E-state index contributed by atoms with van der Waals surface area (Å²) in [7, 11) is -3.47. The molecule has 5 heteroatoms. The molecule has 0 saturated heterocycles. The summed E-state index contributed by atoms with van der Waals surface area (Å²) in [5.74, 6) is 0.0797. The van der Waals surface area contributed by atoms with E-state index in [4.69, 9.17) is 4.74 Å². The molecule has 1 aromatic rings. The number of hydrogen-bond acceptors (Lipinski definition) is 4. The third-order valence-corrected chi connectivity index (χ3v) is 7.50. The highest BCUT2D eigenvalue weighted by Crippen LogP contribution is 2.51. The van der Waals surface area contributed by atoms with Crippen LogP contribution in [-0.2, 0) is 19.4 Å². The summed E-state index contributed by atoms with van der Waals surface area (Å²) >= 11 is 0. The van der Waals surface area contributed by atoms with Gasteiger partial charge in [-0.2, -0.15) is 0 Å². The van der Waals surface area contributed by atoms with Crippen molar-refractivity contribution in [3.8, 4) is 0 Å². The zero-order chi connectivity index (χ0) is 19.2. The number of sulfone groups is 1. The molecule has 0 heterocycles. The number of carbonyl (C=O) groups is 1. The fourth-order valence-corrected chi connectivity index (χ4v) is 6.66. The van der Waals surface area contributed by atoms with E-state index in [0.29, 0.717) is 17.2 Å². The predicted octanol–water partition coefficient (Wildman–Crippen LogP) is 4.04. The maximum Gasteiger partial charge on any atom is 0.179 e. The predicted molar refractivity (Wildman–Crippen MR) is 102 cm³/mol. The standard InChI is InChI=1S/C21H30O4S/c1-20(2,3)25-21(4)12-15-10-11-19(22)18(17(15)13-21)14-26(23,24)16-8-6-5-7-9-16/h5-9,15,17-18H,10-14H2,1-4H3. The SMILES string of the molecule is CC(C)(C)OC1(C)CC2CCC(=O)C(CS(=O)(=O)c3ccccc3)C2C1. The van der Waals surface area contributed by atoms with Crippen molar-refractivity contribution >= 4 is 15.6 Å². The molecule has 4 unspecified atom stereocenters. The Hall–Kier alpha value is -1.20. The van der Waals surface area contributed by atoms with Crippen LogP contribution in [0.25, 0.3) is 0 Å². The number of fused-ring (bicyclic) bond motifs is 1. The first-order valence-corrected chi connectivity index (χ1v) is 11.2. The van der Waals surface area contributed by atoms with Gasteiger partial charge in [0.15, 0.2) is 9.84 Å². The molecule has 0 radical (unpaired) electrons. The number of Topliss-reactive ketones (excluding diaryl/α,β-unsaturated/α-hetero) is 1. The Morgan fingerprint density at radius 3 is 2.42 bits per heavy atom. The summed E-state index contributed by atoms with van der Waals surface area (Å²) in [4.78, 5) is 12.9. The maximum atomic E-state index is 12.8. The van der Waals surface area contributed by atoms with Crippen molar-refractivity contribution in [2.75, 3.05) is 5.75 Å². The number of ether oxygens (including phenoxy) is 1. The second kappa shape index (κ2) is 6.75. The van der Waals surface area contributed by atoms with Gasteiger partial charge >= 0.3 is 0 Å². The van der Waals surface area contributed by atoms with Crippen LogP contribution in [0.3, 0.4) is 0 Å². The average Bonchev–Trinajstić information content (AvgIpc) is 2.85. The highest BCUT2D eigenvalue weighted by Gasteiger charge is 2.51. The molecule has 1 aromatic carbocycles. The molecule has 2 aliphatic rings. The van der Waals surface area contributed by atoms with Crippen LogP contribution in [0.1, 0.15) is 53.4 Å². The van der Waals surface area contributed by atoms with Crippen LogP contribution in [0, 0.1) is 17.8 Å². The van der Waals surface area contributed by atoms with E-state index in [-0.39, 0.29) is 28.7 Å². The lowest BCUT2D eigenvalue weighted by molar-refractivity contribution is -0.127. The summed E-state index contributed by atoms with van der Waals surface area (Å²) in [5, 5.41) is 0. The molecule has 2 saturated carbocycles. The molecule has 2 aliphatic carbocycles. The van der Waals surface area contributed by atoms with Gasteiger partial charge in [-0.15, -0.1) is 0 Å². The Balaban J connectivity index is 1.82. The van der Waals surface area contributed by atoms with Crippen molar-refractivity contribution in [1.82, 2.24) is 0 Å². The Kier molecular flexibility index (Phi) is 5.08. The first-order chi connectivity index (χ1) is 12.0. The fourth-order valence-electron chi connectivity index (χ4n) is 4.99. The summed E-state index contributed by atoms with van der Waals surface area (Å²) in [6.07, 6.45) is 3.01. The van der Waals surface area contributed by atoms with Gasteiger partial charge in [0.05, 0.1) is 21.9 Å². The van der Waals surface area contributed by atoms with Gasteiger partial charge in [-0.25, -0.2) is 8.42 Å². The van der Waals surface area contributed by atoms with E-state index in [1.165, 1.54) is 0 Å². The Labute approximate surface area is 157 Å². The van der Waals surface area contributed by atoms with Crippen molar-refractivity contribution in [3.63, 3.8) is 0 Å². The second-order valence-electron chi connectivity index (χ2n) is 9.20. The second-order valence-corrected chi connectivity index (χ2v) is 11.2. The van der Waals surface area contributed by atoms with Crippen molar-refractivity contribution in [2.45, 2.75) is 69.5 Å². The van der Waals surface area contributed by atoms with Gasteiger partial charge in [-0.3, -0.25) is 4.79 Å². The molecular formula is C21H30O4S. The average molecular weight is 379 g/mol. The van der Waals surface area contributed by atoms with Crippen LogP contribution >= 0.6 is 0 Å². The van der Waals surface area contributed by atoms with Gasteiger partial charge in [0.1, 0.15) is 5.78 Å². The number of carbonyl (C=O) groups excluding carboxylic acids is 1. The molecule has 4 nitrogen and oxygen atoms in total. The first kappa shape index (κ1) is 19.6. The van der Waals surface area contributed by atoms with Gasteiger partial charge in [-0.1, -0.05) is 18.2 Å². The zero-order valence-electron chi connectivity index (χ0n) is 16.2. The molecule has 0 amide bonds. The van der Waals surface area contributed by atoms with E-state index in [9.17, 15) is 13.2 Å². The van der Waals surface area contributed by atoms with E-state index in [0.717, 1.165) is 19.3 Å². The topological polar surface area (TPSA) is 60.4 Å². The van der Waals surface area contributed by atoms with Crippen LogP contribution in [-0.4, -0.2) is 31.2 Å². The van der Waals surface area contributed by atoms with Gasteiger partial charge in [0.2, 0.25) is 0 Å². The third-order valence-electron chi connectivity index (χ3n) is 5.71. The number of ketones is 1. The van der Waals surface area contributed by atoms with Crippen LogP contribution in [0.5, 0.6) is 0 Å². The van der Waals surface area contributed by atoms with E-state index in [1.54, 1.807) is 30.3 Å². The van der Waals surface area contributed by atoms with Crippen molar-refractivity contribution in [2.24, 2.45) is 17.8 Å². The fraction of sp³-hybridized carbons (Fsp3) is 0.667. The van der Waals surface area contributed by atoms with Gasteiger partial charge in [0, 0.05) is 12.3 Å². The molecule has 0 N–H and O–H groups in total. The molecule has 0 spiro atoms. The number of hydrogen-bond donors (Lipinski definition) is 0. The monoisotopic (exact) mass is 378 g/mol. The molecule has 144 valence electrons. The normalized spacial score (nSPS) is 32.5. The lowest BCUT2D eigenvalue weighted by atomic mass is 9.74. The molecular weight excluding hydrogens is 348 g/mol. The minimum atomic E-state index is -3.47. The van der Waals surface area contributed by atoms with Gasteiger partial charge < -0.3 is 4.74 Å². The largest absolute Gasteiger partial charge is 0.370 e. The molecule has 0 aliphatic heterocycles. The number of benzene rings is 1. The molecule has 2 fully saturated rings. The Bertz CT molecular complexity index is 763. The zero-order valence-corrected chi connectivity index (χ0v) is 17.0. The lowest BCUT2D eigenvalue weighted by Crippen LogP contribution is -2.38. The van der Waals surface area contributed by atoms with Crippen LogP contribution < -0.4 is 0 Å². The summed E-state index contributed by atoms with van der Waals surface area (Å²) in [6, 6.07) is 8.47. The van der Waals surface area contributed by atoms with Crippen LogP contribution in [0.4, 0.5) is 0 Å². The lowest BCUT2D eigenvalue weighted by Gasteiger charge is -2.34. The summed E-state index contributed by atoms with van der Waals surface area (Å²) in [6.45, 7) is 8.25. The van der Waals surface area contributed by atoms with Gasteiger partial charge in [0.25, 0.3) is 0 Å². The van der Waals surface area contributed by atoms with Gasteiger partial charge in [-0.05, 0) is 70.9 Å². The van der Waals surface area contributed by atoms with Crippen molar-refractivity contribution in [1.29, 1.82) is 0 Å². The van der Waals surface area contributed by atoms with Crippen molar-refractivity contribution < 1.29 is 17.9 Å². The van der Waals surface area contributed by atoms with E-state index >= 15 is 0 Å². The summed E-state index contributed by atoms with van der Waals surface area (Å²) in [5.41, 5.74) is -0.537. The molecule has 4 atom stereocenters. The highest BCUT2D eigenvalue weighted by atomic mass is 32.2. The molecule has 0 aromatic heterocycles. The minimum absolute atomic E-state index is 0.0807. The van der Waals surface area contributed by atoms with E-state index < -0.39 is 15.8 Å². The first-order valence-electron chi connectivity index (χ1n) is 9.50.